The van der Waals surface area contributed by atoms with E-state index in [9.17, 15) is 13.2 Å². The molecule has 1 aromatic rings. The van der Waals surface area contributed by atoms with Gasteiger partial charge in [0.15, 0.2) is 0 Å². The van der Waals surface area contributed by atoms with Crippen LogP contribution < -0.4 is 11.2 Å². The van der Waals surface area contributed by atoms with Crippen molar-refractivity contribution in [3.05, 3.63) is 29.8 Å². The van der Waals surface area contributed by atoms with Crippen LogP contribution in [-0.4, -0.2) is 12.0 Å². The standard InChI is InChI=1S/C9H10F3N3/c1-6-2-4-7(5-3-6)14-15-8(13)9(10,11)12/h2-5,14H,1H3,(H2,13,15). The fraction of sp³-hybridized carbons (Fsp3) is 0.222. The number of hydrazone groups is 1. The predicted molar refractivity (Wildman–Crippen MR) is 52.5 cm³/mol. The van der Waals surface area contributed by atoms with Gasteiger partial charge in [0.1, 0.15) is 0 Å². The quantitative estimate of drug-likeness (QED) is 0.453. The van der Waals surface area contributed by atoms with Gasteiger partial charge in [-0.15, -0.1) is 0 Å². The van der Waals surface area contributed by atoms with Gasteiger partial charge in [-0.25, -0.2) is 0 Å². The molecule has 0 saturated carbocycles. The third kappa shape index (κ3) is 3.49. The Labute approximate surface area is 84.8 Å². The molecule has 0 heterocycles. The summed E-state index contributed by atoms with van der Waals surface area (Å²) in [6, 6.07) is 6.73. The Morgan fingerprint density at radius 3 is 2.27 bits per heavy atom. The van der Waals surface area contributed by atoms with Gasteiger partial charge >= 0.3 is 6.18 Å². The molecule has 0 amide bonds. The van der Waals surface area contributed by atoms with Crippen molar-refractivity contribution in [2.75, 3.05) is 5.43 Å². The van der Waals surface area contributed by atoms with E-state index in [-0.39, 0.29) is 0 Å². The number of halogens is 3. The van der Waals surface area contributed by atoms with E-state index in [1.165, 1.54) is 0 Å². The molecule has 3 N–H and O–H groups in total. The second kappa shape index (κ2) is 4.20. The van der Waals surface area contributed by atoms with Crippen LogP contribution in [0.3, 0.4) is 0 Å². The maximum atomic E-state index is 11.9. The smallest absolute Gasteiger partial charge is 0.378 e. The maximum Gasteiger partial charge on any atom is 0.450 e. The Morgan fingerprint density at radius 1 is 1.27 bits per heavy atom. The molecule has 82 valence electrons. The Morgan fingerprint density at radius 2 is 1.80 bits per heavy atom. The lowest BCUT2D eigenvalue weighted by Gasteiger charge is -2.06. The zero-order valence-corrected chi connectivity index (χ0v) is 7.97. The minimum absolute atomic E-state index is 0.452. The van der Waals surface area contributed by atoms with Crippen LogP contribution in [0.15, 0.2) is 29.4 Å². The SMILES string of the molecule is Cc1ccc(N/N=C(\N)C(F)(F)F)cc1. The van der Waals surface area contributed by atoms with Crippen molar-refractivity contribution in [2.24, 2.45) is 10.8 Å². The molecule has 0 aromatic heterocycles. The number of nitrogens with two attached hydrogens (primary N) is 1. The van der Waals surface area contributed by atoms with Gasteiger partial charge < -0.3 is 5.73 Å². The molecule has 0 radical (unpaired) electrons. The number of rotatable bonds is 2. The van der Waals surface area contributed by atoms with E-state index in [1.54, 1.807) is 24.3 Å². The highest BCUT2D eigenvalue weighted by atomic mass is 19.4. The van der Waals surface area contributed by atoms with Gasteiger partial charge in [0.2, 0.25) is 5.84 Å². The van der Waals surface area contributed by atoms with Crippen molar-refractivity contribution in [3.8, 4) is 0 Å². The van der Waals surface area contributed by atoms with Crippen molar-refractivity contribution in [3.63, 3.8) is 0 Å². The van der Waals surface area contributed by atoms with Gasteiger partial charge in [0.05, 0.1) is 5.69 Å². The number of amidine groups is 1. The number of nitrogens with one attached hydrogen (secondary N) is 1. The van der Waals surface area contributed by atoms with E-state index in [1.807, 2.05) is 6.92 Å². The van der Waals surface area contributed by atoms with E-state index in [4.69, 9.17) is 5.73 Å². The van der Waals surface area contributed by atoms with E-state index in [2.05, 4.69) is 10.5 Å². The van der Waals surface area contributed by atoms with Crippen LogP contribution in [0.1, 0.15) is 5.56 Å². The molecule has 0 saturated heterocycles. The molecule has 0 aliphatic rings. The molecule has 0 fully saturated rings. The van der Waals surface area contributed by atoms with Crippen molar-refractivity contribution < 1.29 is 13.2 Å². The molecule has 3 nitrogen and oxygen atoms in total. The molecule has 1 aromatic carbocycles. The van der Waals surface area contributed by atoms with Gasteiger partial charge in [-0.05, 0) is 19.1 Å². The lowest BCUT2D eigenvalue weighted by atomic mass is 10.2. The minimum Gasteiger partial charge on any atom is -0.378 e. The van der Waals surface area contributed by atoms with Gasteiger partial charge in [0, 0.05) is 0 Å². The third-order valence-corrected chi connectivity index (χ3v) is 1.65. The highest BCUT2D eigenvalue weighted by Crippen LogP contribution is 2.15. The van der Waals surface area contributed by atoms with E-state index in [0.29, 0.717) is 5.69 Å². The van der Waals surface area contributed by atoms with Gasteiger partial charge in [-0.1, -0.05) is 17.7 Å². The number of benzene rings is 1. The first-order valence-electron chi connectivity index (χ1n) is 4.12. The summed E-state index contributed by atoms with van der Waals surface area (Å²) in [6.45, 7) is 1.87. The topological polar surface area (TPSA) is 50.4 Å². The number of alkyl halides is 3. The number of anilines is 1. The first-order chi connectivity index (χ1) is 6.89. The van der Waals surface area contributed by atoms with Crippen molar-refractivity contribution in [1.82, 2.24) is 0 Å². The Kier molecular flexibility index (Phi) is 3.18. The average molecular weight is 217 g/mol. The maximum absolute atomic E-state index is 11.9. The molecule has 0 bridgehead atoms. The zero-order chi connectivity index (χ0) is 11.5. The van der Waals surface area contributed by atoms with Crippen molar-refractivity contribution >= 4 is 11.5 Å². The number of aryl methyl sites for hydroxylation is 1. The summed E-state index contributed by atoms with van der Waals surface area (Å²) >= 11 is 0. The lowest BCUT2D eigenvalue weighted by molar-refractivity contribution is -0.0599. The second-order valence-electron chi connectivity index (χ2n) is 2.97. The molecule has 0 aliphatic carbocycles. The molecule has 1 rings (SSSR count). The van der Waals surface area contributed by atoms with Gasteiger partial charge in [-0.3, -0.25) is 5.43 Å². The van der Waals surface area contributed by atoms with E-state index in [0.717, 1.165) is 5.56 Å². The Balaban J connectivity index is 2.68. The van der Waals surface area contributed by atoms with Crippen LogP contribution in [-0.2, 0) is 0 Å². The summed E-state index contributed by atoms with van der Waals surface area (Å²) in [6.07, 6.45) is -4.60. The summed E-state index contributed by atoms with van der Waals surface area (Å²) in [5.41, 5.74) is 8.37. The van der Waals surface area contributed by atoms with E-state index < -0.39 is 12.0 Å². The van der Waals surface area contributed by atoms with Crippen LogP contribution in [0.25, 0.3) is 0 Å². The molecule has 0 unspecified atom stereocenters. The first-order valence-corrected chi connectivity index (χ1v) is 4.12. The number of nitrogens with zero attached hydrogens (tertiary/aromatic N) is 1. The molecular formula is C9H10F3N3. The zero-order valence-electron chi connectivity index (χ0n) is 7.97. The van der Waals surface area contributed by atoms with Crippen molar-refractivity contribution in [1.29, 1.82) is 0 Å². The molecule has 15 heavy (non-hydrogen) atoms. The molecule has 0 atom stereocenters. The minimum atomic E-state index is -4.60. The fourth-order valence-corrected chi connectivity index (χ4v) is 0.816. The number of hydrogen-bond donors (Lipinski definition) is 2. The predicted octanol–water partition coefficient (Wildman–Crippen LogP) is 2.24. The number of hydrogen-bond acceptors (Lipinski definition) is 2. The highest BCUT2D eigenvalue weighted by molar-refractivity contribution is 5.86. The second-order valence-corrected chi connectivity index (χ2v) is 2.97. The largest absolute Gasteiger partial charge is 0.450 e. The molecule has 0 spiro atoms. The lowest BCUT2D eigenvalue weighted by Crippen LogP contribution is -2.32. The van der Waals surface area contributed by atoms with E-state index >= 15 is 0 Å². The summed E-state index contributed by atoms with van der Waals surface area (Å²) in [7, 11) is 0. The van der Waals surface area contributed by atoms with Crippen LogP contribution in [0.4, 0.5) is 18.9 Å². The average Bonchev–Trinajstić information content (AvgIpc) is 2.15. The third-order valence-electron chi connectivity index (χ3n) is 1.65. The van der Waals surface area contributed by atoms with Crippen LogP contribution in [0, 0.1) is 6.92 Å². The molecule has 0 aliphatic heterocycles. The summed E-state index contributed by atoms with van der Waals surface area (Å²) in [4.78, 5) is 0. The van der Waals surface area contributed by atoms with Crippen LogP contribution in [0.2, 0.25) is 0 Å². The first kappa shape index (κ1) is 11.4. The van der Waals surface area contributed by atoms with Crippen LogP contribution >= 0.6 is 0 Å². The van der Waals surface area contributed by atoms with Gasteiger partial charge in [-0.2, -0.15) is 18.3 Å². The molecule has 6 heteroatoms. The monoisotopic (exact) mass is 217 g/mol. The fourth-order valence-electron chi connectivity index (χ4n) is 0.816. The summed E-state index contributed by atoms with van der Waals surface area (Å²) < 4.78 is 35.8. The summed E-state index contributed by atoms with van der Waals surface area (Å²) in [5, 5.41) is 3.01. The Hall–Kier alpha value is -1.72. The summed E-state index contributed by atoms with van der Waals surface area (Å²) in [5.74, 6) is -1.40. The highest BCUT2D eigenvalue weighted by Gasteiger charge is 2.33. The van der Waals surface area contributed by atoms with Crippen molar-refractivity contribution in [2.45, 2.75) is 13.1 Å². The van der Waals surface area contributed by atoms with Gasteiger partial charge in [0.25, 0.3) is 0 Å². The normalized spacial score (nSPS) is 12.7. The molecular weight excluding hydrogens is 207 g/mol. The van der Waals surface area contributed by atoms with Crippen LogP contribution in [0.5, 0.6) is 0 Å². The Bertz CT molecular complexity index is 354.